The molecule has 3 rings (SSSR count). The van der Waals surface area contributed by atoms with Crippen molar-refractivity contribution in [3.8, 4) is 5.75 Å². The van der Waals surface area contributed by atoms with Crippen molar-refractivity contribution in [3.05, 3.63) is 54.1 Å². The summed E-state index contributed by atoms with van der Waals surface area (Å²) in [6.45, 7) is 2.33. The number of carbonyl (C=O) groups excluding carboxylic acids is 4. The van der Waals surface area contributed by atoms with Crippen LogP contribution in [0.5, 0.6) is 5.75 Å². The topological polar surface area (TPSA) is 114 Å². The van der Waals surface area contributed by atoms with Crippen molar-refractivity contribution in [2.75, 3.05) is 44.2 Å². The highest BCUT2D eigenvalue weighted by Crippen LogP contribution is 2.29. The van der Waals surface area contributed by atoms with E-state index in [0.717, 1.165) is 4.90 Å². The van der Waals surface area contributed by atoms with Crippen LogP contribution in [0.25, 0.3) is 0 Å². The summed E-state index contributed by atoms with van der Waals surface area (Å²) in [6.07, 6.45) is -0.242. The number of carbonyl (C=O) groups is 4. The van der Waals surface area contributed by atoms with Crippen LogP contribution < -0.4 is 15.0 Å². The van der Waals surface area contributed by atoms with Gasteiger partial charge in [-0.05, 0) is 43.3 Å². The van der Waals surface area contributed by atoms with Gasteiger partial charge in [0, 0.05) is 25.4 Å². The molecular weight excluding hydrogens is 442 g/mol. The van der Waals surface area contributed by atoms with Crippen molar-refractivity contribution in [2.24, 2.45) is 0 Å². The lowest BCUT2D eigenvalue weighted by molar-refractivity contribution is -0.124. The van der Waals surface area contributed by atoms with Gasteiger partial charge in [-0.25, -0.2) is 14.5 Å². The van der Waals surface area contributed by atoms with Gasteiger partial charge in [-0.3, -0.25) is 9.59 Å². The van der Waals surface area contributed by atoms with Gasteiger partial charge in [0.15, 0.2) is 0 Å². The Morgan fingerprint density at radius 3 is 2.44 bits per heavy atom. The number of rotatable bonds is 10. The second kappa shape index (κ2) is 11.3. The first-order valence-corrected chi connectivity index (χ1v) is 10.7. The molecule has 1 fully saturated rings. The van der Waals surface area contributed by atoms with Gasteiger partial charge in [0.1, 0.15) is 11.8 Å². The fraction of sp³-hybridized carbons (Fsp3) is 0.333. The summed E-state index contributed by atoms with van der Waals surface area (Å²) < 4.78 is 15.2. The SMILES string of the molecule is CCOC(=O)c1ccc(NC(=O)C[C@@H]2C(=O)N(c3cccc(OC)c3)C(=O)N2CCOC)cc1. The molecule has 10 nitrogen and oxygen atoms in total. The van der Waals surface area contributed by atoms with Gasteiger partial charge in [-0.15, -0.1) is 0 Å². The van der Waals surface area contributed by atoms with E-state index in [9.17, 15) is 19.2 Å². The molecule has 1 N–H and O–H groups in total. The molecule has 0 aromatic heterocycles. The molecule has 2 aromatic carbocycles. The number of anilines is 2. The molecule has 1 saturated heterocycles. The van der Waals surface area contributed by atoms with Gasteiger partial charge in [0.2, 0.25) is 5.91 Å². The number of urea groups is 1. The van der Waals surface area contributed by atoms with Crippen molar-refractivity contribution < 1.29 is 33.4 Å². The molecule has 0 aliphatic carbocycles. The van der Waals surface area contributed by atoms with Crippen molar-refractivity contribution in [1.82, 2.24) is 4.90 Å². The molecule has 0 spiro atoms. The van der Waals surface area contributed by atoms with Crippen LogP contribution in [0.2, 0.25) is 0 Å². The second-order valence-electron chi connectivity index (χ2n) is 7.41. The summed E-state index contributed by atoms with van der Waals surface area (Å²) in [5.41, 5.74) is 1.16. The first kappa shape index (κ1) is 24.7. The summed E-state index contributed by atoms with van der Waals surface area (Å²) in [4.78, 5) is 53.2. The van der Waals surface area contributed by atoms with Crippen LogP contribution in [0, 0.1) is 0 Å². The van der Waals surface area contributed by atoms with E-state index < -0.39 is 29.9 Å². The Morgan fingerprint density at radius 2 is 1.79 bits per heavy atom. The summed E-state index contributed by atoms with van der Waals surface area (Å²) in [7, 11) is 2.98. The van der Waals surface area contributed by atoms with Gasteiger partial charge < -0.3 is 24.4 Å². The molecule has 10 heteroatoms. The molecule has 0 bridgehead atoms. The van der Waals surface area contributed by atoms with Crippen LogP contribution in [-0.2, 0) is 19.1 Å². The molecule has 0 saturated carbocycles. The monoisotopic (exact) mass is 469 g/mol. The van der Waals surface area contributed by atoms with Crippen molar-refractivity contribution in [2.45, 2.75) is 19.4 Å². The molecule has 0 unspecified atom stereocenters. The highest BCUT2D eigenvalue weighted by Gasteiger charge is 2.46. The fourth-order valence-electron chi connectivity index (χ4n) is 3.56. The van der Waals surface area contributed by atoms with Crippen LogP contribution in [0.4, 0.5) is 16.2 Å². The zero-order valence-corrected chi connectivity index (χ0v) is 19.3. The minimum Gasteiger partial charge on any atom is -0.497 e. The largest absolute Gasteiger partial charge is 0.497 e. The van der Waals surface area contributed by atoms with Crippen LogP contribution in [-0.4, -0.2) is 68.7 Å². The summed E-state index contributed by atoms with van der Waals surface area (Å²) in [6, 6.07) is 11.3. The lowest BCUT2D eigenvalue weighted by Crippen LogP contribution is -2.39. The minimum absolute atomic E-state index is 0.147. The Bertz CT molecular complexity index is 1050. The predicted molar refractivity (Wildman–Crippen MR) is 124 cm³/mol. The molecular formula is C24H27N3O7. The lowest BCUT2D eigenvalue weighted by atomic mass is 10.1. The Hall–Kier alpha value is -3.92. The van der Waals surface area contributed by atoms with Gasteiger partial charge in [-0.2, -0.15) is 0 Å². The van der Waals surface area contributed by atoms with Crippen molar-refractivity contribution in [3.63, 3.8) is 0 Å². The van der Waals surface area contributed by atoms with Crippen LogP contribution in [0.15, 0.2) is 48.5 Å². The highest BCUT2D eigenvalue weighted by molar-refractivity contribution is 6.22. The van der Waals surface area contributed by atoms with E-state index in [0.29, 0.717) is 22.7 Å². The third-order valence-electron chi connectivity index (χ3n) is 5.23. The molecule has 0 radical (unpaired) electrons. The molecule has 180 valence electrons. The zero-order chi connectivity index (χ0) is 24.7. The number of hydrogen-bond donors (Lipinski definition) is 1. The summed E-state index contributed by atoms with van der Waals surface area (Å²) in [5, 5.41) is 2.70. The molecule has 34 heavy (non-hydrogen) atoms. The lowest BCUT2D eigenvalue weighted by Gasteiger charge is -2.21. The zero-order valence-electron chi connectivity index (χ0n) is 19.3. The number of nitrogens with one attached hydrogen (secondary N) is 1. The van der Waals surface area contributed by atoms with E-state index in [-0.39, 0.29) is 26.2 Å². The number of methoxy groups -OCH3 is 2. The van der Waals surface area contributed by atoms with E-state index >= 15 is 0 Å². The Balaban J connectivity index is 1.75. The maximum absolute atomic E-state index is 13.2. The Labute approximate surface area is 197 Å². The van der Waals surface area contributed by atoms with Crippen LogP contribution >= 0.6 is 0 Å². The van der Waals surface area contributed by atoms with E-state index in [1.807, 2.05) is 0 Å². The van der Waals surface area contributed by atoms with E-state index in [1.165, 1.54) is 31.3 Å². The van der Waals surface area contributed by atoms with Crippen molar-refractivity contribution >= 4 is 35.2 Å². The average molecular weight is 469 g/mol. The van der Waals surface area contributed by atoms with Gasteiger partial charge in [0.05, 0.1) is 38.0 Å². The maximum atomic E-state index is 13.2. The van der Waals surface area contributed by atoms with E-state index in [1.54, 1.807) is 43.3 Å². The van der Waals surface area contributed by atoms with Crippen molar-refractivity contribution in [1.29, 1.82) is 0 Å². The molecule has 4 amide bonds. The number of amides is 4. The fourth-order valence-corrected chi connectivity index (χ4v) is 3.56. The second-order valence-corrected chi connectivity index (χ2v) is 7.41. The summed E-state index contributed by atoms with van der Waals surface area (Å²) >= 11 is 0. The third kappa shape index (κ3) is 5.52. The van der Waals surface area contributed by atoms with Crippen LogP contribution in [0.3, 0.4) is 0 Å². The molecule has 1 atom stereocenters. The number of esters is 1. The molecule has 1 aliphatic heterocycles. The minimum atomic E-state index is -0.993. The molecule has 2 aromatic rings. The van der Waals surface area contributed by atoms with E-state index in [2.05, 4.69) is 5.32 Å². The first-order valence-electron chi connectivity index (χ1n) is 10.7. The predicted octanol–water partition coefficient (Wildman–Crippen LogP) is 2.68. The average Bonchev–Trinajstić information content (AvgIpc) is 3.06. The first-order chi connectivity index (χ1) is 16.4. The van der Waals surface area contributed by atoms with Gasteiger partial charge >= 0.3 is 12.0 Å². The number of nitrogens with zero attached hydrogens (tertiary/aromatic N) is 2. The normalized spacial score (nSPS) is 15.4. The number of hydrogen-bond acceptors (Lipinski definition) is 7. The van der Waals surface area contributed by atoms with Crippen LogP contribution in [0.1, 0.15) is 23.7 Å². The van der Waals surface area contributed by atoms with E-state index in [4.69, 9.17) is 14.2 Å². The van der Waals surface area contributed by atoms with Gasteiger partial charge in [-0.1, -0.05) is 6.07 Å². The molecule has 1 heterocycles. The van der Waals surface area contributed by atoms with Gasteiger partial charge in [0.25, 0.3) is 5.91 Å². The quantitative estimate of drug-likeness (QED) is 0.420. The highest BCUT2D eigenvalue weighted by atomic mass is 16.5. The Kier molecular flexibility index (Phi) is 8.20. The Morgan fingerprint density at radius 1 is 1.06 bits per heavy atom. The molecule has 1 aliphatic rings. The smallest absolute Gasteiger partial charge is 0.338 e. The standard InChI is InChI=1S/C24H27N3O7/c1-4-34-23(30)16-8-10-17(11-9-16)25-21(28)15-20-22(29)27(24(31)26(20)12-13-32-2)18-6-5-7-19(14-18)33-3/h5-11,14,20H,4,12-13,15H2,1-3H3,(H,25,28)/t20-/m1/s1. The number of benzene rings is 2. The number of imide groups is 1. The third-order valence-corrected chi connectivity index (χ3v) is 5.23. The summed E-state index contributed by atoms with van der Waals surface area (Å²) in [5.74, 6) is -0.928. The number of ether oxygens (including phenoxy) is 3. The maximum Gasteiger partial charge on any atom is 0.338 e.